The molecule has 0 aliphatic carbocycles. The standard InChI is InChI=1S/C14H31NOS/c1-3-16-13-12-15(2)11-9-7-5-4-6-8-10-14-17/h17H,3-14H2,1-2H3. The molecule has 0 N–H and O–H groups in total. The fourth-order valence-corrected chi connectivity index (χ4v) is 2.08. The molecule has 0 aromatic heterocycles. The van der Waals surface area contributed by atoms with Gasteiger partial charge in [0.15, 0.2) is 0 Å². The quantitative estimate of drug-likeness (QED) is 0.401. The van der Waals surface area contributed by atoms with Gasteiger partial charge in [0.25, 0.3) is 0 Å². The second-order valence-electron chi connectivity index (χ2n) is 4.70. The number of rotatable bonds is 13. The van der Waals surface area contributed by atoms with Crippen molar-refractivity contribution in [2.75, 3.05) is 39.1 Å². The van der Waals surface area contributed by atoms with Crippen LogP contribution in [-0.4, -0.2) is 44.0 Å². The Morgan fingerprint density at radius 2 is 1.47 bits per heavy atom. The zero-order chi connectivity index (χ0) is 12.8. The van der Waals surface area contributed by atoms with Crippen LogP contribution in [0.1, 0.15) is 51.9 Å². The zero-order valence-corrected chi connectivity index (χ0v) is 12.7. The third-order valence-corrected chi connectivity index (χ3v) is 3.34. The molecule has 0 unspecified atom stereocenters. The Bertz CT molecular complexity index is 144. The van der Waals surface area contributed by atoms with Crippen molar-refractivity contribution in [2.24, 2.45) is 0 Å². The lowest BCUT2D eigenvalue weighted by Crippen LogP contribution is -2.24. The van der Waals surface area contributed by atoms with E-state index in [2.05, 4.69) is 24.6 Å². The number of ether oxygens (including phenoxy) is 1. The Kier molecular flexibility index (Phi) is 14.6. The lowest BCUT2D eigenvalue weighted by Gasteiger charge is -2.15. The molecule has 0 aliphatic heterocycles. The second kappa shape index (κ2) is 14.3. The van der Waals surface area contributed by atoms with Crippen LogP contribution in [-0.2, 0) is 4.74 Å². The molecule has 0 aromatic carbocycles. The average molecular weight is 261 g/mol. The smallest absolute Gasteiger partial charge is 0.0593 e. The molecule has 0 radical (unpaired) electrons. The molecule has 3 heteroatoms. The Hall–Kier alpha value is 0.270. The molecular weight excluding hydrogens is 230 g/mol. The molecule has 0 aliphatic rings. The molecule has 0 bridgehead atoms. The summed E-state index contributed by atoms with van der Waals surface area (Å²) in [6.45, 7) is 6.03. The van der Waals surface area contributed by atoms with Crippen molar-refractivity contribution in [1.82, 2.24) is 4.90 Å². The van der Waals surface area contributed by atoms with E-state index in [9.17, 15) is 0 Å². The van der Waals surface area contributed by atoms with E-state index in [1.807, 2.05) is 6.92 Å². The van der Waals surface area contributed by atoms with Crippen molar-refractivity contribution in [3.8, 4) is 0 Å². The summed E-state index contributed by atoms with van der Waals surface area (Å²) in [5, 5.41) is 0. The molecule has 17 heavy (non-hydrogen) atoms. The van der Waals surface area contributed by atoms with Gasteiger partial charge in [0.2, 0.25) is 0 Å². The molecule has 0 saturated carbocycles. The average Bonchev–Trinajstić information content (AvgIpc) is 2.33. The van der Waals surface area contributed by atoms with Gasteiger partial charge in [0, 0.05) is 13.2 Å². The van der Waals surface area contributed by atoms with Gasteiger partial charge in [-0.25, -0.2) is 0 Å². The van der Waals surface area contributed by atoms with Crippen molar-refractivity contribution in [3.63, 3.8) is 0 Å². The number of likely N-dealkylation sites (N-methyl/N-ethyl adjacent to an activating group) is 1. The molecule has 0 atom stereocenters. The Balaban J connectivity index is 3.05. The maximum Gasteiger partial charge on any atom is 0.0593 e. The Morgan fingerprint density at radius 1 is 0.882 bits per heavy atom. The fourth-order valence-electron chi connectivity index (χ4n) is 1.85. The minimum atomic E-state index is 0.833. The number of nitrogens with zero attached hydrogens (tertiary/aromatic N) is 1. The second-order valence-corrected chi connectivity index (χ2v) is 5.15. The van der Waals surface area contributed by atoms with Gasteiger partial charge >= 0.3 is 0 Å². The highest BCUT2D eigenvalue weighted by atomic mass is 32.1. The topological polar surface area (TPSA) is 12.5 Å². The number of unbranched alkanes of at least 4 members (excludes halogenated alkanes) is 6. The number of hydrogen-bond donors (Lipinski definition) is 1. The summed E-state index contributed by atoms with van der Waals surface area (Å²) in [6, 6.07) is 0. The molecule has 0 rings (SSSR count). The lowest BCUT2D eigenvalue weighted by atomic mass is 10.1. The van der Waals surface area contributed by atoms with Crippen molar-refractivity contribution < 1.29 is 4.74 Å². The van der Waals surface area contributed by atoms with Crippen molar-refractivity contribution >= 4 is 12.6 Å². The fraction of sp³-hybridized carbons (Fsp3) is 1.00. The SMILES string of the molecule is CCOCCN(C)CCCCCCCCCS. The van der Waals surface area contributed by atoms with E-state index in [1.165, 1.54) is 51.5 Å². The Morgan fingerprint density at radius 3 is 2.06 bits per heavy atom. The molecule has 0 fully saturated rings. The third kappa shape index (κ3) is 14.2. The predicted molar refractivity (Wildman–Crippen MR) is 80.2 cm³/mol. The van der Waals surface area contributed by atoms with Crippen LogP contribution in [0.25, 0.3) is 0 Å². The van der Waals surface area contributed by atoms with Crippen LogP contribution in [0.5, 0.6) is 0 Å². The molecule has 0 saturated heterocycles. The van der Waals surface area contributed by atoms with Gasteiger partial charge in [-0.15, -0.1) is 0 Å². The summed E-state index contributed by atoms with van der Waals surface area (Å²) < 4.78 is 5.34. The number of thiol groups is 1. The first-order valence-corrected chi connectivity index (χ1v) is 7.81. The van der Waals surface area contributed by atoms with Crippen LogP contribution in [0.2, 0.25) is 0 Å². The third-order valence-electron chi connectivity index (χ3n) is 3.02. The first-order valence-electron chi connectivity index (χ1n) is 7.18. The van der Waals surface area contributed by atoms with Crippen molar-refractivity contribution in [1.29, 1.82) is 0 Å². The molecule has 0 spiro atoms. The van der Waals surface area contributed by atoms with E-state index in [0.717, 1.165) is 25.5 Å². The van der Waals surface area contributed by atoms with Crippen LogP contribution in [0.15, 0.2) is 0 Å². The van der Waals surface area contributed by atoms with Crippen molar-refractivity contribution in [2.45, 2.75) is 51.9 Å². The van der Waals surface area contributed by atoms with E-state index in [4.69, 9.17) is 4.74 Å². The predicted octanol–water partition coefficient (Wildman–Crippen LogP) is 3.62. The monoisotopic (exact) mass is 261 g/mol. The van der Waals surface area contributed by atoms with E-state index in [0.29, 0.717) is 0 Å². The summed E-state index contributed by atoms with van der Waals surface area (Å²) in [5.41, 5.74) is 0. The van der Waals surface area contributed by atoms with Gasteiger partial charge in [-0.2, -0.15) is 12.6 Å². The van der Waals surface area contributed by atoms with Crippen LogP contribution in [0.3, 0.4) is 0 Å². The molecule has 2 nitrogen and oxygen atoms in total. The van der Waals surface area contributed by atoms with Crippen LogP contribution < -0.4 is 0 Å². The van der Waals surface area contributed by atoms with E-state index < -0.39 is 0 Å². The highest BCUT2D eigenvalue weighted by Gasteiger charge is 1.97. The van der Waals surface area contributed by atoms with Gasteiger partial charge in [-0.3, -0.25) is 0 Å². The maximum atomic E-state index is 5.34. The molecular formula is C14H31NOS. The molecule has 0 heterocycles. The van der Waals surface area contributed by atoms with Crippen molar-refractivity contribution in [3.05, 3.63) is 0 Å². The summed E-state index contributed by atoms with van der Waals surface area (Å²) in [6.07, 6.45) is 9.53. The zero-order valence-electron chi connectivity index (χ0n) is 11.8. The molecule has 0 amide bonds. The highest BCUT2D eigenvalue weighted by Crippen LogP contribution is 2.07. The van der Waals surface area contributed by atoms with Gasteiger partial charge < -0.3 is 9.64 Å². The lowest BCUT2D eigenvalue weighted by molar-refractivity contribution is 0.121. The maximum absolute atomic E-state index is 5.34. The first-order chi connectivity index (χ1) is 8.31. The summed E-state index contributed by atoms with van der Waals surface area (Å²) in [5.74, 6) is 1.05. The van der Waals surface area contributed by atoms with E-state index in [-0.39, 0.29) is 0 Å². The van der Waals surface area contributed by atoms with Crippen LogP contribution in [0, 0.1) is 0 Å². The Labute approximate surface area is 114 Å². The largest absolute Gasteiger partial charge is 0.380 e. The van der Waals surface area contributed by atoms with Gasteiger partial charge in [0.1, 0.15) is 0 Å². The van der Waals surface area contributed by atoms with E-state index >= 15 is 0 Å². The van der Waals surface area contributed by atoms with Crippen LogP contribution >= 0.6 is 12.6 Å². The van der Waals surface area contributed by atoms with Gasteiger partial charge in [-0.1, -0.05) is 32.1 Å². The van der Waals surface area contributed by atoms with Crippen LogP contribution in [0.4, 0.5) is 0 Å². The molecule has 0 aromatic rings. The first kappa shape index (κ1) is 17.3. The summed E-state index contributed by atoms with van der Waals surface area (Å²) in [4.78, 5) is 2.37. The number of hydrogen-bond acceptors (Lipinski definition) is 3. The summed E-state index contributed by atoms with van der Waals surface area (Å²) >= 11 is 4.22. The normalized spacial score (nSPS) is 11.3. The van der Waals surface area contributed by atoms with Gasteiger partial charge in [0.05, 0.1) is 6.61 Å². The molecule has 104 valence electrons. The summed E-state index contributed by atoms with van der Waals surface area (Å²) in [7, 11) is 2.19. The minimum Gasteiger partial charge on any atom is -0.380 e. The highest BCUT2D eigenvalue weighted by molar-refractivity contribution is 7.80. The minimum absolute atomic E-state index is 0.833. The van der Waals surface area contributed by atoms with Gasteiger partial charge in [-0.05, 0) is 39.1 Å². The van der Waals surface area contributed by atoms with E-state index in [1.54, 1.807) is 0 Å².